The highest BCUT2D eigenvalue weighted by Crippen LogP contribution is 2.26. The molecule has 1 saturated carbocycles. The van der Waals surface area contributed by atoms with Gasteiger partial charge in [0.25, 0.3) is 0 Å². The van der Waals surface area contributed by atoms with E-state index in [-0.39, 0.29) is 5.97 Å². The van der Waals surface area contributed by atoms with Gasteiger partial charge in [-0.3, -0.25) is 9.69 Å². The third-order valence-corrected chi connectivity index (χ3v) is 3.33. The van der Waals surface area contributed by atoms with Gasteiger partial charge in [-0.2, -0.15) is 5.26 Å². The third-order valence-electron chi connectivity index (χ3n) is 3.33. The zero-order valence-electron chi connectivity index (χ0n) is 12.2. The summed E-state index contributed by atoms with van der Waals surface area (Å²) in [6, 6.07) is 9.58. The van der Waals surface area contributed by atoms with Crippen molar-refractivity contribution in [1.29, 1.82) is 5.26 Å². The van der Waals surface area contributed by atoms with Gasteiger partial charge in [-0.15, -0.1) is 0 Å². The molecule has 0 aromatic heterocycles. The van der Waals surface area contributed by atoms with E-state index in [9.17, 15) is 4.79 Å². The van der Waals surface area contributed by atoms with Crippen molar-refractivity contribution in [3.05, 3.63) is 29.8 Å². The minimum Gasteiger partial charge on any atom is -0.492 e. The second-order valence-corrected chi connectivity index (χ2v) is 4.99. The maximum Gasteiger partial charge on any atom is 0.320 e. The number of ether oxygens (including phenoxy) is 2. The predicted molar refractivity (Wildman–Crippen MR) is 77.9 cm³/mol. The summed E-state index contributed by atoms with van der Waals surface area (Å²) in [4.78, 5) is 13.7. The minimum absolute atomic E-state index is 0.178. The Bertz CT molecular complexity index is 503. The Morgan fingerprint density at radius 2 is 2.10 bits per heavy atom. The summed E-state index contributed by atoms with van der Waals surface area (Å²) in [6.45, 7) is 3.77. The summed E-state index contributed by atoms with van der Waals surface area (Å²) in [7, 11) is 0. The first-order chi connectivity index (χ1) is 10.2. The van der Waals surface area contributed by atoms with E-state index in [0.29, 0.717) is 37.9 Å². The Morgan fingerprint density at radius 1 is 1.38 bits per heavy atom. The minimum atomic E-state index is -0.178. The van der Waals surface area contributed by atoms with Crippen LogP contribution in [0.1, 0.15) is 25.3 Å². The second kappa shape index (κ2) is 7.65. The molecule has 0 amide bonds. The van der Waals surface area contributed by atoms with Crippen LogP contribution in [0.5, 0.6) is 5.75 Å². The molecule has 1 aliphatic rings. The van der Waals surface area contributed by atoms with Crippen molar-refractivity contribution >= 4 is 5.97 Å². The third kappa shape index (κ3) is 5.09. The second-order valence-electron chi connectivity index (χ2n) is 4.99. The van der Waals surface area contributed by atoms with Gasteiger partial charge < -0.3 is 9.47 Å². The largest absolute Gasteiger partial charge is 0.492 e. The molecule has 1 aromatic carbocycles. The fourth-order valence-corrected chi connectivity index (χ4v) is 2.11. The standard InChI is InChI=1S/C16H20N2O3/c1-2-20-16(19)12-18(14-5-6-14)9-10-21-15-7-3-13(11-17)4-8-15/h3-4,7-8,14H,2,5-6,9-10,12H2,1H3. The molecule has 1 aromatic rings. The molecule has 0 atom stereocenters. The quantitative estimate of drug-likeness (QED) is 0.684. The monoisotopic (exact) mass is 288 g/mol. The summed E-state index contributed by atoms with van der Waals surface area (Å²) < 4.78 is 10.6. The lowest BCUT2D eigenvalue weighted by Crippen LogP contribution is -2.36. The Morgan fingerprint density at radius 3 is 2.67 bits per heavy atom. The lowest BCUT2D eigenvalue weighted by atomic mass is 10.2. The molecular formula is C16H20N2O3. The number of nitriles is 1. The molecule has 112 valence electrons. The van der Waals surface area contributed by atoms with E-state index in [0.717, 1.165) is 18.6 Å². The summed E-state index contributed by atoms with van der Waals surface area (Å²) in [5.41, 5.74) is 0.615. The van der Waals surface area contributed by atoms with Gasteiger partial charge in [-0.1, -0.05) is 0 Å². The summed E-state index contributed by atoms with van der Waals surface area (Å²) >= 11 is 0. The van der Waals surface area contributed by atoms with Crippen molar-refractivity contribution in [2.75, 3.05) is 26.3 Å². The molecule has 21 heavy (non-hydrogen) atoms. The van der Waals surface area contributed by atoms with Crippen molar-refractivity contribution in [2.24, 2.45) is 0 Å². The zero-order chi connectivity index (χ0) is 15.1. The van der Waals surface area contributed by atoms with Crippen LogP contribution in [0.25, 0.3) is 0 Å². The van der Waals surface area contributed by atoms with Crippen LogP contribution in [0.2, 0.25) is 0 Å². The number of hydrogen-bond acceptors (Lipinski definition) is 5. The topological polar surface area (TPSA) is 62.6 Å². The Hall–Kier alpha value is -2.06. The number of benzene rings is 1. The van der Waals surface area contributed by atoms with E-state index in [4.69, 9.17) is 14.7 Å². The molecule has 0 saturated heterocycles. The molecular weight excluding hydrogens is 268 g/mol. The molecule has 1 fully saturated rings. The zero-order valence-corrected chi connectivity index (χ0v) is 12.2. The summed E-state index contributed by atoms with van der Waals surface area (Å²) in [6.07, 6.45) is 2.27. The average molecular weight is 288 g/mol. The van der Waals surface area contributed by atoms with Crippen LogP contribution < -0.4 is 4.74 Å². The first-order valence-electron chi connectivity index (χ1n) is 7.25. The molecule has 0 radical (unpaired) electrons. The van der Waals surface area contributed by atoms with Gasteiger partial charge in [-0.05, 0) is 44.0 Å². The smallest absolute Gasteiger partial charge is 0.320 e. The van der Waals surface area contributed by atoms with E-state index < -0.39 is 0 Å². The fourth-order valence-electron chi connectivity index (χ4n) is 2.11. The predicted octanol–water partition coefficient (Wildman–Crippen LogP) is 1.96. The molecule has 0 N–H and O–H groups in total. The van der Waals surface area contributed by atoms with E-state index in [2.05, 4.69) is 11.0 Å². The van der Waals surface area contributed by atoms with Gasteiger partial charge in [-0.25, -0.2) is 0 Å². The number of hydrogen-bond donors (Lipinski definition) is 0. The van der Waals surface area contributed by atoms with Crippen LogP contribution in [0, 0.1) is 11.3 Å². The number of carbonyl (C=O) groups is 1. The lowest BCUT2D eigenvalue weighted by molar-refractivity contribution is -0.144. The molecule has 0 bridgehead atoms. The first kappa shape index (κ1) is 15.3. The molecule has 1 aliphatic carbocycles. The Balaban J connectivity index is 1.76. The maximum absolute atomic E-state index is 11.6. The van der Waals surface area contributed by atoms with Crippen LogP contribution >= 0.6 is 0 Å². The number of nitrogens with zero attached hydrogens (tertiary/aromatic N) is 2. The van der Waals surface area contributed by atoms with Gasteiger partial charge in [0.05, 0.1) is 24.8 Å². The van der Waals surface area contributed by atoms with E-state index in [1.54, 1.807) is 24.3 Å². The lowest BCUT2D eigenvalue weighted by Gasteiger charge is -2.20. The highest BCUT2D eigenvalue weighted by molar-refractivity contribution is 5.71. The molecule has 0 aliphatic heterocycles. The number of esters is 1. The SMILES string of the molecule is CCOC(=O)CN(CCOc1ccc(C#N)cc1)C1CC1. The Labute approximate surface area is 125 Å². The van der Waals surface area contributed by atoms with Crippen molar-refractivity contribution in [3.63, 3.8) is 0 Å². The molecule has 5 heteroatoms. The summed E-state index contributed by atoms with van der Waals surface area (Å²) in [5.74, 6) is 0.559. The molecule has 2 rings (SSSR count). The van der Waals surface area contributed by atoms with Gasteiger partial charge in [0.2, 0.25) is 0 Å². The maximum atomic E-state index is 11.6. The van der Waals surface area contributed by atoms with Crippen molar-refractivity contribution in [1.82, 2.24) is 4.90 Å². The molecule has 0 spiro atoms. The number of rotatable bonds is 8. The molecule has 0 heterocycles. The molecule has 5 nitrogen and oxygen atoms in total. The van der Waals surface area contributed by atoms with Crippen LogP contribution in [0.4, 0.5) is 0 Å². The van der Waals surface area contributed by atoms with E-state index >= 15 is 0 Å². The Kier molecular flexibility index (Phi) is 5.59. The summed E-state index contributed by atoms with van der Waals surface area (Å²) in [5, 5.41) is 8.73. The van der Waals surface area contributed by atoms with Gasteiger partial charge >= 0.3 is 5.97 Å². The number of carbonyl (C=O) groups excluding carboxylic acids is 1. The fraction of sp³-hybridized carbons (Fsp3) is 0.500. The highest BCUT2D eigenvalue weighted by Gasteiger charge is 2.30. The van der Waals surface area contributed by atoms with Gasteiger partial charge in [0.15, 0.2) is 0 Å². The normalized spacial score (nSPS) is 13.8. The average Bonchev–Trinajstić information content (AvgIpc) is 3.32. The van der Waals surface area contributed by atoms with Crippen molar-refractivity contribution in [2.45, 2.75) is 25.8 Å². The molecule has 0 unspecified atom stereocenters. The van der Waals surface area contributed by atoms with Crippen molar-refractivity contribution < 1.29 is 14.3 Å². The van der Waals surface area contributed by atoms with Crippen LogP contribution in [-0.2, 0) is 9.53 Å². The van der Waals surface area contributed by atoms with Crippen LogP contribution in [0.3, 0.4) is 0 Å². The van der Waals surface area contributed by atoms with Crippen LogP contribution in [0.15, 0.2) is 24.3 Å². The highest BCUT2D eigenvalue weighted by atomic mass is 16.5. The van der Waals surface area contributed by atoms with E-state index in [1.165, 1.54) is 0 Å². The van der Waals surface area contributed by atoms with Gasteiger partial charge in [0.1, 0.15) is 12.4 Å². The van der Waals surface area contributed by atoms with E-state index in [1.807, 2.05) is 6.92 Å². The van der Waals surface area contributed by atoms with Crippen LogP contribution in [-0.4, -0.2) is 43.2 Å². The van der Waals surface area contributed by atoms with Crippen molar-refractivity contribution in [3.8, 4) is 11.8 Å². The first-order valence-corrected chi connectivity index (χ1v) is 7.25. The van der Waals surface area contributed by atoms with Gasteiger partial charge in [0, 0.05) is 12.6 Å².